The standard InChI is InChI=1S/C15H22N4O2/c1-9(16-8-13(20)19-15(2,3)4)10-5-6-11-12(7-10)18-14(21)17-11/h5-7,9,16H,8H2,1-4H3,(H,19,20)(H2,17,18,21). The van der Waals surface area contributed by atoms with E-state index < -0.39 is 0 Å². The molecule has 4 N–H and O–H groups in total. The average Bonchev–Trinajstić information content (AvgIpc) is 2.72. The summed E-state index contributed by atoms with van der Waals surface area (Å²) in [6, 6.07) is 5.71. The van der Waals surface area contributed by atoms with E-state index in [1.54, 1.807) is 0 Å². The van der Waals surface area contributed by atoms with Crippen LogP contribution < -0.4 is 16.3 Å². The van der Waals surface area contributed by atoms with Gasteiger partial charge in [-0.25, -0.2) is 4.79 Å². The summed E-state index contributed by atoms with van der Waals surface area (Å²) in [7, 11) is 0. The van der Waals surface area contributed by atoms with E-state index in [1.807, 2.05) is 45.9 Å². The van der Waals surface area contributed by atoms with E-state index >= 15 is 0 Å². The Bertz CT molecular complexity index is 693. The molecule has 0 radical (unpaired) electrons. The number of nitrogens with one attached hydrogen (secondary N) is 4. The molecule has 0 fully saturated rings. The third kappa shape index (κ3) is 4.19. The summed E-state index contributed by atoms with van der Waals surface area (Å²) in [6.07, 6.45) is 0. The summed E-state index contributed by atoms with van der Waals surface area (Å²) in [5.41, 5.74) is 2.12. The van der Waals surface area contributed by atoms with Crippen LogP contribution in [0.1, 0.15) is 39.3 Å². The molecule has 6 heteroatoms. The van der Waals surface area contributed by atoms with Crippen molar-refractivity contribution >= 4 is 16.9 Å². The van der Waals surface area contributed by atoms with Crippen LogP contribution in [0.15, 0.2) is 23.0 Å². The number of hydrogen-bond donors (Lipinski definition) is 4. The first-order valence-corrected chi connectivity index (χ1v) is 7.01. The molecule has 1 aromatic carbocycles. The number of carbonyl (C=O) groups is 1. The maximum Gasteiger partial charge on any atom is 0.323 e. The predicted octanol–water partition coefficient (Wildman–Crippen LogP) is 1.42. The monoisotopic (exact) mass is 290 g/mol. The van der Waals surface area contributed by atoms with Crippen LogP contribution in [-0.4, -0.2) is 28.0 Å². The SMILES string of the molecule is CC(NCC(=O)NC(C)(C)C)c1ccc2[nH]c(=O)[nH]c2c1. The molecule has 0 spiro atoms. The van der Waals surface area contributed by atoms with Gasteiger partial charge in [-0.1, -0.05) is 6.07 Å². The molecule has 1 amide bonds. The lowest BCUT2D eigenvalue weighted by Crippen LogP contribution is -2.45. The second-order valence-corrected chi connectivity index (χ2v) is 6.28. The van der Waals surface area contributed by atoms with Crippen LogP contribution in [0.25, 0.3) is 11.0 Å². The van der Waals surface area contributed by atoms with Crippen molar-refractivity contribution in [3.05, 3.63) is 34.2 Å². The zero-order chi connectivity index (χ0) is 15.6. The Morgan fingerprint density at radius 1 is 1.24 bits per heavy atom. The predicted molar refractivity (Wildman–Crippen MR) is 83.2 cm³/mol. The molecule has 2 aromatic rings. The lowest BCUT2D eigenvalue weighted by atomic mass is 10.1. The van der Waals surface area contributed by atoms with Crippen LogP contribution >= 0.6 is 0 Å². The van der Waals surface area contributed by atoms with Crippen molar-refractivity contribution in [2.75, 3.05) is 6.54 Å². The number of imidazole rings is 1. The number of carbonyl (C=O) groups excluding carboxylic acids is 1. The summed E-state index contributed by atoms with van der Waals surface area (Å²) < 4.78 is 0. The third-order valence-electron chi connectivity index (χ3n) is 3.12. The molecular formula is C15H22N4O2. The van der Waals surface area contributed by atoms with Gasteiger partial charge in [0.25, 0.3) is 0 Å². The van der Waals surface area contributed by atoms with E-state index in [0.717, 1.165) is 16.6 Å². The minimum absolute atomic E-state index is 0.0125. The van der Waals surface area contributed by atoms with Crippen LogP contribution in [0.4, 0.5) is 0 Å². The quantitative estimate of drug-likeness (QED) is 0.686. The van der Waals surface area contributed by atoms with E-state index in [4.69, 9.17) is 0 Å². The Balaban J connectivity index is 2.00. The van der Waals surface area contributed by atoms with Crippen molar-refractivity contribution < 1.29 is 4.79 Å². The summed E-state index contributed by atoms with van der Waals surface area (Å²) in [4.78, 5) is 28.5. The largest absolute Gasteiger partial charge is 0.350 e. The fourth-order valence-electron chi connectivity index (χ4n) is 2.15. The van der Waals surface area contributed by atoms with Gasteiger partial charge < -0.3 is 20.6 Å². The maximum atomic E-state index is 11.8. The Morgan fingerprint density at radius 3 is 2.57 bits per heavy atom. The second-order valence-electron chi connectivity index (χ2n) is 6.28. The molecular weight excluding hydrogens is 268 g/mol. The molecule has 2 rings (SSSR count). The average molecular weight is 290 g/mol. The van der Waals surface area contributed by atoms with Gasteiger partial charge in [-0.3, -0.25) is 4.79 Å². The molecule has 114 valence electrons. The summed E-state index contributed by atoms with van der Waals surface area (Å²) in [5, 5.41) is 6.08. The Morgan fingerprint density at radius 2 is 1.90 bits per heavy atom. The number of rotatable bonds is 4. The normalized spacial score (nSPS) is 13.3. The van der Waals surface area contributed by atoms with Crippen LogP contribution in [0.5, 0.6) is 0 Å². The molecule has 0 bridgehead atoms. The third-order valence-corrected chi connectivity index (χ3v) is 3.12. The molecule has 0 aliphatic heterocycles. The molecule has 1 aromatic heterocycles. The van der Waals surface area contributed by atoms with E-state index in [1.165, 1.54) is 0 Å². The van der Waals surface area contributed by atoms with E-state index in [0.29, 0.717) is 0 Å². The van der Waals surface area contributed by atoms with Crippen molar-refractivity contribution in [1.29, 1.82) is 0 Å². The van der Waals surface area contributed by atoms with Crippen LogP contribution in [0.2, 0.25) is 0 Å². The van der Waals surface area contributed by atoms with Crippen molar-refractivity contribution in [3.63, 3.8) is 0 Å². The number of benzene rings is 1. The van der Waals surface area contributed by atoms with Gasteiger partial charge in [0.05, 0.1) is 17.6 Å². The van der Waals surface area contributed by atoms with Gasteiger partial charge in [0.1, 0.15) is 0 Å². The number of aromatic amines is 2. The molecule has 6 nitrogen and oxygen atoms in total. The smallest absolute Gasteiger partial charge is 0.323 e. The van der Waals surface area contributed by atoms with Gasteiger partial charge >= 0.3 is 5.69 Å². The van der Waals surface area contributed by atoms with Gasteiger partial charge in [-0.2, -0.15) is 0 Å². The van der Waals surface area contributed by atoms with Crippen molar-refractivity contribution in [2.45, 2.75) is 39.3 Å². The van der Waals surface area contributed by atoms with Gasteiger partial charge in [-0.05, 0) is 45.4 Å². The first kappa shape index (κ1) is 15.3. The number of fused-ring (bicyclic) bond motifs is 1. The molecule has 0 aliphatic carbocycles. The van der Waals surface area contributed by atoms with Crippen LogP contribution in [0.3, 0.4) is 0 Å². The number of hydrogen-bond acceptors (Lipinski definition) is 3. The molecule has 0 saturated heterocycles. The zero-order valence-electron chi connectivity index (χ0n) is 12.8. The topological polar surface area (TPSA) is 89.8 Å². The lowest BCUT2D eigenvalue weighted by Gasteiger charge is -2.21. The number of amides is 1. The summed E-state index contributed by atoms with van der Waals surface area (Å²) >= 11 is 0. The fraction of sp³-hybridized carbons (Fsp3) is 0.467. The lowest BCUT2D eigenvalue weighted by molar-refractivity contribution is -0.121. The van der Waals surface area contributed by atoms with Crippen molar-refractivity contribution in [1.82, 2.24) is 20.6 Å². The van der Waals surface area contributed by atoms with Gasteiger partial charge in [0, 0.05) is 11.6 Å². The number of H-pyrrole nitrogens is 2. The Kier molecular flexibility index (Phi) is 4.18. The molecule has 1 atom stereocenters. The van der Waals surface area contributed by atoms with Gasteiger partial charge in [0.2, 0.25) is 5.91 Å². The van der Waals surface area contributed by atoms with E-state index in [2.05, 4.69) is 20.6 Å². The minimum atomic E-state index is -0.231. The molecule has 0 aliphatic rings. The van der Waals surface area contributed by atoms with E-state index in [-0.39, 0.29) is 29.7 Å². The number of aromatic nitrogens is 2. The maximum absolute atomic E-state index is 11.8. The first-order valence-electron chi connectivity index (χ1n) is 7.01. The highest BCUT2D eigenvalue weighted by Crippen LogP contribution is 2.16. The molecule has 1 heterocycles. The molecule has 21 heavy (non-hydrogen) atoms. The highest BCUT2D eigenvalue weighted by atomic mass is 16.2. The highest BCUT2D eigenvalue weighted by molar-refractivity contribution is 5.79. The van der Waals surface area contributed by atoms with Crippen LogP contribution in [-0.2, 0) is 4.79 Å². The van der Waals surface area contributed by atoms with Crippen LogP contribution in [0, 0.1) is 0 Å². The molecule has 1 unspecified atom stereocenters. The summed E-state index contributed by atoms with van der Waals surface area (Å²) in [5.74, 6) is -0.0366. The van der Waals surface area contributed by atoms with E-state index in [9.17, 15) is 9.59 Å². The minimum Gasteiger partial charge on any atom is -0.350 e. The van der Waals surface area contributed by atoms with Gasteiger partial charge in [0.15, 0.2) is 0 Å². The van der Waals surface area contributed by atoms with Crippen molar-refractivity contribution in [3.8, 4) is 0 Å². The zero-order valence-corrected chi connectivity index (χ0v) is 12.8. The highest BCUT2D eigenvalue weighted by Gasteiger charge is 2.14. The first-order chi connectivity index (χ1) is 9.74. The summed E-state index contributed by atoms with van der Waals surface area (Å²) in [6.45, 7) is 8.08. The van der Waals surface area contributed by atoms with Crippen molar-refractivity contribution in [2.24, 2.45) is 0 Å². The Hall–Kier alpha value is -2.08. The fourth-order valence-corrected chi connectivity index (χ4v) is 2.15. The Labute approximate surface area is 123 Å². The van der Waals surface area contributed by atoms with Gasteiger partial charge in [-0.15, -0.1) is 0 Å². The second kappa shape index (κ2) is 5.73. The molecule has 0 saturated carbocycles.